The molecule has 0 saturated carbocycles. The Morgan fingerprint density at radius 1 is 0.875 bits per heavy atom. The van der Waals surface area contributed by atoms with Crippen LogP contribution in [0.5, 0.6) is 0 Å². The van der Waals surface area contributed by atoms with Crippen LogP contribution in [0, 0.1) is 13.8 Å². The van der Waals surface area contributed by atoms with Crippen molar-refractivity contribution in [2.24, 2.45) is 0 Å². The highest BCUT2D eigenvalue weighted by atomic mass is 35.5. The van der Waals surface area contributed by atoms with E-state index in [1.807, 2.05) is 32.0 Å². The molecule has 3 amide bonds. The number of carbonyl (C=O) groups is 3. The number of anilines is 3. The summed E-state index contributed by atoms with van der Waals surface area (Å²) in [4.78, 5) is 39.0. The molecule has 6 nitrogen and oxygen atoms in total. The summed E-state index contributed by atoms with van der Waals surface area (Å²) in [5, 5.41) is 5.63. The molecule has 0 unspecified atom stereocenters. The van der Waals surface area contributed by atoms with Gasteiger partial charge in [-0.1, -0.05) is 41.9 Å². The zero-order valence-corrected chi connectivity index (χ0v) is 18.2. The first-order valence-electron chi connectivity index (χ1n) is 9.94. The zero-order valence-electron chi connectivity index (χ0n) is 17.5. The van der Waals surface area contributed by atoms with Crippen molar-refractivity contribution in [1.29, 1.82) is 0 Å². The van der Waals surface area contributed by atoms with Crippen molar-refractivity contribution in [3.63, 3.8) is 0 Å². The molecule has 4 rings (SSSR count). The van der Waals surface area contributed by atoms with E-state index >= 15 is 0 Å². The van der Waals surface area contributed by atoms with Crippen molar-refractivity contribution < 1.29 is 14.4 Å². The lowest BCUT2D eigenvalue weighted by molar-refractivity contribution is -0.120. The highest BCUT2D eigenvalue weighted by Gasteiger charge is 2.38. The minimum Gasteiger partial charge on any atom is -0.350 e. The largest absolute Gasteiger partial charge is 0.350 e. The van der Waals surface area contributed by atoms with E-state index in [0.717, 1.165) is 21.7 Å². The Kier molecular flexibility index (Phi) is 5.79. The normalized spacial score (nSPS) is 13.5. The van der Waals surface area contributed by atoms with Gasteiger partial charge < -0.3 is 10.6 Å². The van der Waals surface area contributed by atoms with E-state index in [4.69, 9.17) is 11.6 Å². The third-order valence-corrected chi connectivity index (χ3v) is 5.45. The predicted molar refractivity (Wildman–Crippen MR) is 126 cm³/mol. The van der Waals surface area contributed by atoms with Gasteiger partial charge in [0.1, 0.15) is 10.7 Å². The Balaban J connectivity index is 1.49. The Morgan fingerprint density at radius 3 is 2.25 bits per heavy atom. The molecule has 0 aliphatic carbocycles. The quantitative estimate of drug-likeness (QED) is 0.542. The van der Waals surface area contributed by atoms with Crippen LogP contribution >= 0.6 is 11.6 Å². The smallest absolute Gasteiger partial charge is 0.283 e. The minimum atomic E-state index is -0.588. The number of hydrogen-bond acceptors (Lipinski definition) is 4. The molecule has 7 heteroatoms. The van der Waals surface area contributed by atoms with Crippen molar-refractivity contribution in [1.82, 2.24) is 0 Å². The lowest BCUT2D eigenvalue weighted by Crippen LogP contribution is -2.32. The molecular formula is C25H20ClN3O3. The maximum atomic E-state index is 12.8. The molecule has 0 saturated heterocycles. The monoisotopic (exact) mass is 445 g/mol. The molecule has 0 fully saturated rings. The van der Waals surface area contributed by atoms with Gasteiger partial charge in [-0.2, -0.15) is 0 Å². The van der Waals surface area contributed by atoms with Crippen molar-refractivity contribution in [2.75, 3.05) is 15.5 Å². The number of nitrogens with zero attached hydrogens (tertiary/aromatic N) is 1. The van der Waals surface area contributed by atoms with E-state index in [9.17, 15) is 14.4 Å². The summed E-state index contributed by atoms with van der Waals surface area (Å²) in [6.45, 7) is 3.89. The lowest BCUT2D eigenvalue weighted by Gasteiger charge is -2.15. The molecule has 0 atom stereocenters. The zero-order chi connectivity index (χ0) is 22.8. The van der Waals surface area contributed by atoms with Crippen LogP contribution in [0.15, 0.2) is 83.5 Å². The van der Waals surface area contributed by atoms with Gasteiger partial charge in [0.05, 0.1) is 5.69 Å². The molecule has 0 bridgehead atoms. The van der Waals surface area contributed by atoms with Gasteiger partial charge in [-0.25, -0.2) is 4.90 Å². The van der Waals surface area contributed by atoms with Crippen LogP contribution in [0.3, 0.4) is 0 Å². The maximum absolute atomic E-state index is 12.8. The summed E-state index contributed by atoms with van der Waals surface area (Å²) < 4.78 is 0. The number of imide groups is 1. The van der Waals surface area contributed by atoms with Crippen molar-refractivity contribution in [3.8, 4) is 0 Å². The first-order chi connectivity index (χ1) is 15.3. The Labute approximate surface area is 190 Å². The average molecular weight is 446 g/mol. The van der Waals surface area contributed by atoms with Gasteiger partial charge >= 0.3 is 0 Å². The molecule has 0 radical (unpaired) electrons. The number of nitrogens with one attached hydrogen (secondary N) is 2. The Morgan fingerprint density at radius 2 is 1.56 bits per heavy atom. The number of para-hydroxylation sites is 1. The molecule has 160 valence electrons. The number of rotatable bonds is 5. The summed E-state index contributed by atoms with van der Waals surface area (Å²) in [5.41, 5.74) is 4.19. The highest BCUT2D eigenvalue weighted by Crippen LogP contribution is 2.30. The number of carbonyl (C=O) groups excluding carboxylic acids is 3. The van der Waals surface area contributed by atoms with Gasteiger partial charge in [0, 0.05) is 16.9 Å². The third kappa shape index (κ3) is 4.13. The van der Waals surface area contributed by atoms with Crippen molar-refractivity contribution in [3.05, 3.63) is 100 Å². The molecule has 0 aromatic heterocycles. The fourth-order valence-corrected chi connectivity index (χ4v) is 3.55. The van der Waals surface area contributed by atoms with E-state index in [1.54, 1.807) is 54.6 Å². The minimum absolute atomic E-state index is 0.00638. The van der Waals surface area contributed by atoms with Crippen LogP contribution in [-0.4, -0.2) is 17.7 Å². The van der Waals surface area contributed by atoms with Crippen LogP contribution in [0.2, 0.25) is 0 Å². The van der Waals surface area contributed by atoms with Gasteiger partial charge in [0.25, 0.3) is 17.7 Å². The molecular weight excluding hydrogens is 426 g/mol. The molecule has 32 heavy (non-hydrogen) atoms. The van der Waals surface area contributed by atoms with Crippen LogP contribution < -0.4 is 15.5 Å². The first kappa shape index (κ1) is 21.3. The Hall–Kier alpha value is -3.90. The lowest BCUT2D eigenvalue weighted by atomic mass is 10.1. The molecule has 3 aromatic carbocycles. The second-order valence-corrected chi connectivity index (χ2v) is 7.82. The standard InChI is InChI=1S/C25H20ClN3O3/c1-15-8-9-16(2)20(14-15)28-23(30)17-10-12-18(13-11-17)27-22-21(26)24(31)29(25(22)32)19-6-4-3-5-7-19/h3-14,27H,1-2H3,(H,28,30). The second kappa shape index (κ2) is 8.69. The number of benzene rings is 3. The van der Waals surface area contributed by atoms with Crippen LogP contribution in [0.4, 0.5) is 17.1 Å². The SMILES string of the molecule is Cc1ccc(C)c(NC(=O)c2ccc(NC3=C(Cl)C(=O)N(c4ccccc4)C3=O)cc2)c1. The topological polar surface area (TPSA) is 78.5 Å². The number of amides is 3. The molecule has 2 N–H and O–H groups in total. The second-order valence-electron chi connectivity index (χ2n) is 7.45. The fourth-order valence-electron chi connectivity index (χ4n) is 3.34. The number of aryl methyl sites for hydroxylation is 2. The summed E-state index contributed by atoms with van der Waals surface area (Å²) in [6, 6.07) is 21.0. The summed E-state index contributed by atoms with van der Waals surface area (Å²) in [6.07, 6.45) is 0. The third-order valence-electron chi connectivity index (χ3n) is 5.10. The van der Waals surface area contributed by atoms with Crippen LogP contribution in [0.25, 0.3) is 0 Å². The van der Waals surface area contributed by atoms with E-state index < -0.39 is 11.8 Å². The van der Waals surface area contributed by atoms with Crippen LogP contribution in [-0.2, 0) is 9.59 Å². The first-order valence-corrected chi connectivity index (χ1v) is 10.3. The van der Waals surface area contributed by atoms with E-state index in [0.29, 0.717) is 16.9 Å². The average Bonchev–Trinajstić information content (AvgIpc) is 3.00. The summed E-state index contributed by atoms with van der Waals surface area (Å²) in [7, 11) is 0. The number of halogens is 1. The highest BCUT2D eigenvalue weighted by molar-refractivity contribution is 6.53. The molecule has 0 spiro atoms. The van der Waals surface area contributed by atoms with Gasteiger partial charge in [0.15, 0.2) is 0 Å². The van der Waals surface area contributed by atoms with Gasteiger partial charge in [-0.05, 0) is 67.4 Å². The predicted octanol–water partition coefficient (Wildman–Crippen LogP) is 4.99. The van der Waals surface area contributed by atoms with Gasteiger partial charge in [-0.3, -0.25) is 14.4 Å². The van der Waals surface area contributed by atoms with Crippen LogP contribution in [0.1, 0.15) is 21.5 Å². The van der Waals surface area contributed by atoms with E-state index in [1.165, 1.54) is 0 Å². The summed E-state index contributed by atoms with van der Waals surface area (Å²) in [5.74, 6) is -1.37. The fraction of sp³-hybridized carbons (Fsp3) is 0.0800. The molecule has 1 heterocycles. The molecule has 3 aromatic rings. The molecule has 1 aliphatic heterocycles. The van der Waals surface area contributed by atoms with Crippen molar-refractivity contribution in [2.45, 2.75) is 13.8 Å². The van der Waals surface area contributed by atoms with Gasteiger partial charge in [-0.15, -0.1) is 0 Å². The van der Waals surface area contributed by atoms with Gasteiger partial charge in [0.2, 0.25) is 0 Å². The van der Waals surface area contributed by atoms with E-state index in [2.05, 4.69) is 10.6 Å². The molecule has 1 aliphatic rings. The van der Waals surface area contributed by atoms with Crippen molar-refractivity contribution >= 4 is 46.4 Å². The maximum Gasteiger partial charge on any atom is 0.283 e. The summed E-state index contributed by atoms with van der Waals surface area (Å²) >= 11 is 6.16. The Bertz CT molecular complexity index is 1250. The number of hydrogen-bond donors (Lipinski definition) is 2. The van der Waals surface area contributed by atoms with E-state index in [-0.39, 0.29) is 16.6 Å².